The van der Waals surface area contributed by atoms with E-state index in [0.717, 1.165) is 17.3 Å². The minimum Gasteiger partial charge on any atom is -0.481 e. The molecule has 1 saturated heterocycles. The quantitative estimate of drug-likeness (QED) is 0.335. The molecule has 1 aromatic heterocycles. The molecule has 30 heavy (non-hydrogen) atoms. The molecular formula is C20H24N4O6. The fourth-order valence-electron chi connectivity index (χ4n) is 3.56. The Hall–Kier alpha value is -3.40. The van der Waals surface area contributed by atoms with Crippen molar-refractivity contribution in [1.82, 2.24) is 20.9 Å². The van der Waals surface area contributed by atoms with Crippen LogP contribution in [0.5, 0.6) is 0 Å². The van der Waals surface area contributed by atoms with E-state index in [2.05, 4.69) is 20.9 Å². The number of amides is 2. The largest absolute Gasteiger partial charge is 0.481 e. The van der Waals surface area contributed by atoms with E-state index in [0.29, 0.717) is 18.5 Å². The van der Waals surface area contributed by atoms with Gasteiger partial charge in [-0.1, -0.05) is 18.2 Å². The van der Waals surface area contributed by atoms with Gasteiger partial charge < -0.3 is 31.1 Å². The monoisotopic (exact) mass is 416 g/mol. The Morgan fingerprint density at radius 1 is 1.10 bits per heavy atom. The summed E-state index contributed by atoms with van der Waals surface area (Å²) in [6.45, 7) is 0.666. The summed E-state index contributed by atoms with van der Waals surface area (Å²) in [6, 6.07) is 4.21. The summed E-state index contributed by atoms with van der Waals surface area (Å²) in [4.78, 5) is 50.9. The zero-order valence-corrected chi connectivity index (χ0v) is 16.2. The average Bonchev–Trinajstić information content (AvgIpc) is 3.37. The number of para-hydroxylation sites is 1. The number of benzene rings is 1. The summed E-state index contributed by atoms with van der Waals surface area (Å²) >= 11 is 0. The summed E-state index contributed by atoms with van der Waals surface area (Å²) in [5.74, 6) is -3.86. The standard InChI is InChI=1S/C20H24N4O6/c25-17(26)9-15(23-18(27)14-6-3-7-21-14)19(28)24-16(20(29)30)8-11-10-22-13-5-2-1-4-12(11)13/h1-2,4-5,10,14-16,21-22H,3,6-9H2,(H,23,27)(H,24,28)(H,25,26)(H,29,30). The molecular weight excluding hydrogens is 392 g/mol. The van der Waals surface area contributed by atoms with E-state index in [1.165, 1.54) is 0 Å². The molecule has 0 radical (unpaired) electrons. The van der Waals surface area contributed by atoms with Gasteiger partial charge in [0.2, 0.25) is 11.8 Å². The molecule has 0 saturated carbocycles. The van der Waals surface area contributed by atoms with Gasteiger partial charge in [0, 0.05) is 23.5 Å². The van der Waals surface area contributed by atoms with Crippen LogP contribution in [0.3, 0.4) is 0 Å². The Balaban J connectivity index is 1.71. The van der Waals surface area contributed by atoms with Crippen LogP contribution < -0.4 is 16.0 Å². The van der Waals surface area contributed by atoms with Crippen molar-refractivity contribution < 1.29 is 29.4 Å². The first-order valence-corrected chi connectivity index (χ1v) is 9.69. The number of fused-ring (bicyclic) bond motifs is 1. The minimum atomic E-state index is -1.37. The van der Waals surface area contributed by atoms with Crippen LogP contribution in [0.2, 0.25) is 0 Å². The first-order valence-electron chi connectivity index (χ1n) is 9.69. The Morgan fingerprint density at radius 2 is 1.87 bits per heavy atom. The number of carboxylic acids is 2. The lowest BCUT2D eigenvalue weighted by atomic mass is 10.0. The minimum absolute atomic E-state index is 0.00298. The predicted molar refractivity (Wildman–Crippen MR) is 107 cm³/mol. The van der Waals surface area contributed by atoms with Crippen molar-refractivity contribution in [3.8, 4) is 0 Å². The van der Waals surface area contributed by atoms with Crippen LogP contribution in [0.1, 0.15) is 24.8 Å². The lowest BCUT2D eigenvalue weighted by molar-refractivity contribution is -0.143. The fraction of sp³-hybridized carbons (Fsp3) is 0.400. The van der Waals surface area contributed by atoms with Gasteiger partial charge in [0.05, 0.1) is 12.5 Å². The van der Waals surface area contributed by atoms with Crippen LogP contribution in [0.25, 0.3) is 10.9 Å². The smallest absolute Gasteiger partial charge is 0.326 e. The van der Waals surface area contributed by atoms with Gasteiger partial charge >= 0.3 is 11.9 Å². The number of carbonyl (C=O) groups is 4. The second kappa shape index (κ2) is 9.40. The van der Waals surface area contributed by atoms with Gasteiger partial charge in [-0.2, -0.15) is 0 Å². The second-order valence-electron chi connectivity index (χ2n) is 7.27. The molecule has 160 valence electrons. The number of rotatable bonds is 9. The van der Waals surface area contributed by atoms with E-state index < -0.39 is 48.3 Å². The highest BCUT2D eigenvalue weighted by molar-refractivity contribution is 5.94. The van der Waals surface area contributed by atoms with Gasteiger partial charge in [0.1, 0.15) is 12.1 Å². The zero-order valence-electron chi connectivity index (χ0n) is 16.2. The summed E-state index contributed by atoms with van der Waals surface area (Å²) in [5, 5.41) is 27.3. The lowest BCUT2D eigenvalue weighted by Gasteiger charge is -2.22. The van der Waals surface area contributed by atoms with E-state index >= 15 is 0 Å². The van der Waals surface area contributed by atoms with Gasteiger partial charge in [-0.25, -0.2) is 4.79 Å². The van der Waals surface area contributed by atoms with Gasteiger partial charge in [0.25, 0.3) is 0 Å². The van der Waals surface area contributed by atoms with E-state index in [4.69, 9.17) is 5.11 Å². The third-order valence-electron chi connectivity index (χ3n) is 5.10. The molecule has 10 heteroatoms. The molecule has 0 bridgehead atoms. The van der Waals surface area contributed by atoms with Crippen molar-refractivity contribution in [2.45, 2.75) is 43.8 Å². The number of H-pyrrole nitrogens is 1. The molecule has 1 aliphatic heterocycles. The number of aromatic nitrogens is 1. The topological polar surface area (TPSA) is 161 Å². The zero-order chi connectivity index (χ0) is 21.7. The van der Waals surface area contributed by atoms with Gasteiger partial charge in [0.15, 0.2) is 0 Å². The SMILES string of the molecule is O=C(O)CC(NC(=O)C1CCCN1)C(=O)NC(Cc1c[nH]c2ccccc12)C(=O)O. The van der Waals surface area contributed by atoms with Gasteiger partial charge in [-0.15, -0.1) is 0 Å². The van der Waals surface area contributed by atoms with Crippen LogP contribution in [0.15, 0.2) is 30.5 Å². The van der Waals surface area contributed by atoms with Gasteiger partial charge in [-0.3, -0.25) is 14.4 Å². The normalized spacial score (nSPS) is 17.9. The lowest BCUT2D eigenvalue weighted by Crippen LogP contribution is -2.55. The third kappa shape index (κ3) is 5.15. The van der Waals surface area contributed by atoms with Crippen molar-refractivity contribution in [2.75, 3.05) is 6.54 Å². The predicted octanol–water partition coefficient (Wildman–Crippen LogP) is -0.00870. The van der Waals surface area contributed by atoms with Crippen LogP contribution in [-0.2, 0) is 25.6 Å². The highest BCUT2D eigenvalue weighted by atomic mass is 16.4. The summed E-state index contributed by atoms with van der Waals surface area (Å²) in [6.07, 6.45) is 2.42. The molecule has 1 aromatic carbocycles. The highest BCUT2D eigenvalue weighted by Crippen LogP contribution is 2.19. The maximum atomic E-state index is 12.7. The van der Waals surface area contributed by atoms with Crippen LogP contribution in [0.4, 0.5) is 0 Å². The second-order valence-corrected chi connectivity index (χ2v) is 7.27. The molecule has 0 aliphatic carbocycles. The molecule has 2 amide bonds. The van der Waals surface area contributed by atoms with E-state index in [9.17, 15) is 24.3 Å². The molecule has 2 aromatic rings. The van der Waals surface area contributed by atoms with E-state index in [1.807, 2.05) is 24.3 Å². The van der Waals surface area contributed by atoms with Crippen molar-refractivity contribution >= 4 is 34.7 Å². The molecule has 3 unspecified atom stereocenters. The first-order chi connectivity index (χ1) is 14.3. The summed E-state index contributed by atoms with van der Waals surface area (Å²) in [7, 11) is 0. The molecule has 0 spiro atoms. The average molecular weight is 416 g/mol. The number of hydrogen-bond acceptors (Lipinski definition) is 5. The maximum Gasteiger partial charge on any atom is 0.326 e. The number of aromatic amines is 1. The molecule has 2 heterocycles. The third-order valence-corrected chi connectivity index (χ3v) is 5.10. The Labute approximate surface area is 172 Å². The fourth-order valence-corrected chi connectivity index (χ4v) is 3.56. The van der Waals surface area contributed by atoms with Crippen molar-refractivity contribution in [3.63, 3.8) is 0 Å². The van der Waals surface area contributed by atoms with Crippen LogP contribution in [-0.4, -0.2) is 63.6 Å². The first kappa shape index (κ1) is 21.3. The van der Waals surface area contributed by atoms with Crippen LogP contribution >= 0.6 is 0 Å². The number of hydrogen-bond donors (Lipinski definition) is 6. The number of nitrogens with one attached hydrogen (secondary N) is 4. The Morgan fingerprint density at radius 3 is 2.53 bits per heavy atom. The maximum absolute atomic E-state index is 12.7. The van der Waals surface area contributed by atoms with Crippen molar-refractivity contribution in [3.05, 3.63) is 36.0 Å². The number of carboxylic acid groups (broad SMARTS) is 2. The number of carbonyl (C=O) groups excluding carboxylic acids is 2. The highest BCUT2D eigenvalue weighted by Gasteiger charge is 2.31. The van der Waals surface area contributed by atoms with E-state index in [1.54, 1.807) is 6.20 Å². The molecule has 3 atom stereocenters. The Kier molecular flexibility index (Phi) is 6.68. The molecule has 1 aliphatic rings. The summed E-state index contributed by atoms with van der Waals surface area (Å²) in [5.41, 5.74) is 1.54. The molecule has 6 N–H and O–H groups in total. The molecule has 1 fully saturated rings. The molecule has 3 rings (SSSR count). The van der Waals surface area contributed by atoms with Crippen molar-refractivity contribution in [2.24, 2.45) is 0 Å². The Bertz CT molecular complexity index is 950. The molecule has 10 nitrogen and oxygen atoms in total. The van der Waals surface area contributed by atoms with Crippen molar-refractivity contribution in [1.29, 1.82) is 0 Å². The van der Waals surface area contributed by atoms with Gasteiger partial charge in [-0.05, 0) is 31.0 Å². The van der Waals surface area contributed by atoms with E-state index in [-0.39, 0.29) is 6.42 Å². The van der Waals surface area contributed by atoms with Crippen LogP contribution in [0, 0.1) is 0 Å². The summed E-state index contributed by atoms with van der Waals surface area (Å²) < 4.78 is 0. The number of aliphatic carboxylic acids is 2.